The van der Waals surface area contributed by atoms with Crippen molar-refractivity contribution in [1.82, 2.24) is 4.90 Å². The van der Waals surface area contributed by atoms with Gasteiger partial charge < -0.3 is 19.5 Å². The molecule has 16 heavy (non-hydrogen) atoms. The Hall–Kier alpha value is -1.14. The Morgan fingerprint density at radius 3 is 2.44 bits per heavy atom. The lowest BCUT2D eigenvalue weighted by atomic mass is 10.4. The van der Waals surface area contributed by atoms with Crippen LogP contribution < -0.4 is 0 Å². The minimum absolute atomic E-state index is 0.0385. The summed E-state index contributed by atoms with van der Waals surface area (Å²) in [7, 11) is 1.55. The first-order valence-corrected chi connectivity index (χ1v) is 5.19. The normalized spacial score (nSPS) is 10.1. The van der Waals surface area contributed by atoms with Gasteiger partial charge in [0.1, 0.15) is 6.61 Å². The highest BCUT2D eigenvalue weighted by molar-refractivity contribution is 5.77. The molecular weight excluding hydrogens is 214 g/mol. The summed E-state index contributed by atoms with van der Waals surface area (Å²) in [5.41, 5.74) is 0. The molecule has 1 N–H and O–H groups in total. The molecule has 0 aliphatic carbocycles. The number of carboxylic acids is 1. The highest BCUT2D eigenvalue weighted by Gasteiger charge is 2.09. The van der Waals surface area contributed by atoms with Crippen LogP contribution in [0.3, 0.4) is 0 Å². The first-order valence-electron chi connectivity index (χ1n) is 5.19. The van der Waals surface area contributed by atoms with Crippen molar-refractivity contribution in [3.8, 4) is 0 Å². The summed E-state index contributed by atoms with van der Waals surface area (Å²) in [5, 5.41) is 8.43. The number of nitrogens with zero attached hydrogens (tertiary/aromatic N) is 1. The molecule has 0 unspecified atom stereocenters. The minimum atomic E-state index is -0.920. The van der Waals surface area contributed by atoms with Gasteiger partial charge in [-0.25, -0.2) is 0 Å². The zero-order valence-corrected chi connectivity index (χ0v) is 9.77. The van der Waals surface area contributed by atoms with E-state index in [-0.39, 0.29) is 25.5 Å². The van der Waals surface area contributed by atoms with Crippen molar-refractivity contribution < 1.29 is 24.2 Å². The number of likely N-dealkylation sites (N-methyl/N-ethyl adjacent to an activating group) is 1. The van der Waals surface area contributed by atoms with Gasteiger partial charge in [-0.1, -0.05) is 0 Å². The molecule has 0 heterocycles. The molecule has 0 radical (unpaired) electrons. The van der Waals surface area contributed by atoms with E-state index < -0.39 is 5.97 Å². The van der Waals surface area contributed by atoms with Crippen molar-refractivity contribution in [3.63, 3.8) is 0 Å². The Morgan fingerprint density at radius 1 is 1.25 bits per heavy atom. The molecule has 0 rings (SSSR count). The number of aliphatic carboxylic acids is 1. The van der Waals surface area contributed by atoms with E-state index in [0.29, 0.717) is 19.8 Å². The molecule has 94 valence electrons. The Morgan fingerprint density at radius 2 is 1.88 bits per heavy atom. The van der Waals surface area contributed by atoms with Crippen molar-refractivity contribution in [2.24, 2.45) is 0 Å². The number of hydrogen-bond acceptors (Lipinski definition) is 4. The van der Waals surface area contributed by atoms with E-state index in [9.17, 15) is 9.59 Å². The first kappa shape index (κ1) is 14.9. The summed E-state index contributed by atoms with van der Waals surface area (Å²) < 4.78 is 10.1. The molecule has 0 aromatic carbocycles. The maximum atomic E-state index is 11.4. The quantitative estimate of drug-likeness (QED) is 0.566. The standard InChI is InChI=1S/C10H19NO5/c1-3-15-6-7-16-8-9(12)11(2)5-4-10(13)14/h3-8H2,1-2H3,(H,13,14). The number of carboxylic acid groups (broad SMARTS) is 1. The maximum absolute atomic E-state index is 11.4. The molecule has 0 spiro atoms. The first-order chi connectivity index (χ1) is 7.57. The predicted octanol–water partition coefficient (Wildman–Crippen LogP) is -0.0274. The number of carbonyl (C=O) groups is 2. The molecule has 0 atom stereocenters. The zero-order valence-electron chi connectivity index (χ0n) is 9.77. The predicted molar refractivity (Wildman–Crippen MR) is 57.2 cm³/mol. The molecule has 6 heteroatoms. The number of hydrogen-bond donors (Lipinski definition) is 1. The Kier molecular flexibility index (Phi) is 8.46. The van der Waals surface area contributed by atoms with Crippen LogP contribution in [0.15, 0.2) is 0 Å². The fraction of sp³-hybridized carbons (Fsp3) is 0.800. The van der Waals surface area contributed by atoms with Gasteiger partial charge in [-0.05, 0) is 6.92 Å². The monoisotopic (exact) mass is 233 g/mol. The highest BCUT2D eigenvalue weighted by atomic mass is 16.5. The van der Waals surface area contributed by atoms with Crippen LogP contribution >= 0.6 is 0 Å². The number of carbonyl (C=O) groups excluding carboxylic acids is 1. The van der Waals surface area contributed by atoms with Gasteiger partial charge in [0.2, 0.25) is 5.91 Å². The zero-order chi connectivity index (χ0) is 12.4. The van der Waals surface area contributed by atoms with Crippen LogP contribution in [0, 0.1) is 0 Å². The van der Waals surface area contributed by atoms with E-state index in [0.717, 1.165) is 0 Å². The van der Waals surface area contributed by atoms with E-state index in [1.165, 1.54) is 4.90 Å². The number of ether oxygens (including phenoxy) is 2. The van der Waals surface area contributed by atoms with Crippen LogP contribution in [0.5, 0.6) is 0 Å². The summed E-state index contributed by atoms with van der Waals surface area (Å²) >= 11 is 0. The molecular formula is C10H19NO5. The lowest BCUT2D eigenvalue weighted by Crippen LogP contribution is -2.32. The van der Waals surface area contributed by atoms with E-state index in [2.05, 4.69) is 0 Å². The Balaban J connectivity index is 3.51. The van der Waals surface area contributed by atoms with Crippen LogP contribution in [0.2, 0.25) is 0 Å². The highest BCUT2D eigenvalue weighted by Crippen LogP contribution is 1.90. The molecule has 0 saturated carbocycles. The van der Waals surface area contributed by atoms with Crippen molar-refractivity contribution in [1.29, 1.82) is 0 Å². The van der Waals surface area contributed by atoms with E-state index >= 15 is 0 Å². The molecule has 6 nitrogen and oxygen atoms in total. The van der Waals surface area contributed by atoms with E-state index in [1.807, 2.05) is 6.92 Å². The largest absolute Gasteiger partial charge is 0.481 e. The van der Waals surface area contributed by atoms with Crippen LogP contribution in [0.25, 0.3) is 0 Å². The van der Waals surface area contributed by atoms with E-state index in [1.54, 1.807) is 7.05 Å². The Labute approximate surface area is 95.1 Å². The van der Waals surface area contributed by atoms with Crippen LogP contribution in [-0.4, -0.2) is 61.9 Å². The molecule has 0 bridgehead atoms. The van der Waals surface area contributed by atoms with Crippen molar-refractivity contribution in [3.05, 3.63) is 0 Å². The SMILES string of the molecule is CCOCCOCC(=O)N(C)CCC(=O)O. The lowest BCUT2D eigenvalue weighted by molar-refractivity contribution is -0.139. The maximum Gasteiger partial charge on any atom is 0.305 e. The fourth-order valence-electron chi connectivity index (χ4n) is 0.920. The number of rotatable bonds is 9. The smallest absolute Gasteiger partial charge is 0.305 e. The average molecular weight is 233 g/mol. The topological polar surface area (TPSA) is 76.1 Å². The minimum Gasteiger partial charge on any atom is -0.481 e. The lowest BCUT2D eigenvalue weighted by Gasteiger charge is -2.15. The van der Waals surface area contributed by atoms with Crippen LogP contribution in [0.1, 0.15) is 13.3 Å². The molecule has 1 amide bonds. The molecule has 0 aliphatic rings. The molecule has 0 saturated heterocycles. The van der Waals surface area contributed by atoms with Crippen LogP contribution in [-0.2, 0) is 19.1 Å². The van der Waals surface area contributed by atoms with Crippen LogP contribution in [0.4, 0.5) is 0 Å². The third-order valence-electron chi connectivity index (χ3n) is 1.89. The van der Waals surface area contributed by atoms with Gasteiger partial charge in [-0.3, -0.25) is 9.59 Å². The van der Waals surface area contributed by atoms with Gasteiger partial charge in [0.15, 0.2) is 0 Å². The molecule has 0 fully saturated rings. The van der Waals surface area contributed by atoms with Gasteiger partial charge in [-0.2, -0.15) is 0 Å². The summed E-state index contributed by atoms with van der Waals surface area (Å²) in [4.78, 5) is 23.0. The number of amides is 1. The van der Waals surface area contributed by atoms with Gasteiger partial charge in [-0.15, -0.1) is 0 Å². The second kappa shape index (κ2) is 9.11. The van der Waals surface area contributed by atoms with Gasteiger partial charge >= 0.3 is 5.97 Å². The second-order valence-corrected chi connectivity index (χ2v) is 3.21. The van der Waals surface area contributed by atoms with Gasteiger partial charge in [0.25, 0.3) is 0 Å². The molecule has 0 aliphatic heterocycles. The van der Waals surface area contributed by atoms with Crippen molar-refractivity contribution in [2.75, 3.05) is 40.0 Å². The third kappa shape index (κ3) is 8.19. The van der Waals surface area contributed by atoms with Crippen molar-refractivity contribution >= 4 is 11.9 Å². The summed E-state index contributed by atoms with van der Waals surface area (Å²) in [6.45, 7) is 3.49. The third-order valence-corrected chi connectivity index (χ3v) is 1.89. The molecule has 0 aromatic rings. The fourth-order valence-corrected chi connectivity index (χ4v) is 0.920. The van der Waals surface area contributed by atoms with E-state index in [4.69, 9.17) is 14.6 Å². The summed E-state index contributed by atoms with van der Waals surface area (Å²) in [6, 6.07) is 0. The molecule has 0 aromatic heterocycles. The average Bonchev–Trinajstić information content (AvgIpc) is 2.25. The second-order valence-electron chi connectivity index (χ2n) is 3.21. The Bertz CT molecular complexity index is 219. The van der Waals surface area contributed by atoms with Gasteiger partial charge in [0, 0.05) is 20.2 Å². The summed E-state index contributed by atoms with van der Waals surface area (Å²) in [6.07, 6.45) is -0.0544. The van der Waals surface area contributed by atoms with Crippen molar-refractivity contribution in [2.45, 2.75) is 13.3 Å². The van der Waals surface area contributed by atoms with Gasteiger partial charge in [0.05, 0.1) is 19.6 Å². The summed E-state index contributed by atoms with van der Waals surface area (Å²) in [5.74, 6) is -1.14.